The van der Waals surface area contributed by atoms with Crippen LogP contribution in [-0.2, 0) is 11.3 Å². The SMILES string of the molecule is COc1ccc(N2C(=O)c3cc4occc4n3CC2(C)C(=O)NC2CCCC(C)C2Cl)cc1Cl. The number of aromatic nitrogens is 1. The molecule has 2 aliphatic rings. The number of anilines is 1. The zero-order valence-electron chi connectivity index (χ0n) is 19.3. The number of hydrogen-bond acceptors (Lipinski definition) is 4. The highest BCUT2D eigenvalue weighted by Gasteiger charge is 2.50. The van der Waals surface area contributed by atoms with Crippen molar-refractivity contribution in [2.24, 2.45) is 5.92 Å². The highest BCUT2D eigenvalue weighted by atomic mass is 35.5. The fraction of sp³-hybridized carbons (Fsp3) is 0.440. The van der Waals surface area contributed by atoms with E-state index in [0.29, 0.717) is 33.7 Å². The molecule has 1 aliphatic carbocycles. The molecule has 3 aromatic rings. The van der Waals surface area contributed by atoms with Gasteiger partial charge >= 0.3 is 0 Å². The fourth-order valence-electron chi connectivity index (χ4n) is 5.26. The van der Waals surface area contributed by atoms with Crippen LogP contribution in [0.2, 0.25) is 5.02 Å². The molecule has 3 heterocycles. The summed E-state index contributed by atoms with van der Waals surface area (Å²) in [6, 6.07) is 8.45. The van der Waals surface area contributed by atoms with E-state index in [9.17, 15) is 9.59 Å². The van der Waals surface area contributed by atoms with Crippen molar-refractivity contribution in [3.63, 3.8) is 0 Å². The number of carbonyl (C=O) groups excluding carboxylic acids is 2. The van der Waals surface area contributed by atoms with Gasteiger partial charge in [-0.05, 0) is 43.9 Å². The quantitative estimate of drug-likeness (QED) is 0.494. The standard InChI is InChI=1S/C25H27Cl2N3O4/c1-14-5-4-6-17(22(14)27)28-24(32)25(2)13-29-18-9-10-34-21(18)12-19(29)23(31)30(25)15-7-8-20(33-3)16(26)11-15/h7-12,14,17,22H,4-6,13H2,1-3H3,(H,28,32). The number of hydrogen-bond donors (Lipinski definition) is 1. The summed E-state index contributed by atoms with van der Waals surface area (Å²) in [5, 5.41) is 3.37. The Labute approximate surface area is 207 Å². The van der Waals surface area contributed by atoms with E-state index in [1.54, 1.807) is 37.5 Å². The van der Waals surface area contributed by atoms with E-state index in [2.05, 4.69) is 12.2 Å². The van der Waals surface area contributed by atoms with E-state index >= 15 is 0 Å². The van der Waals surface area contributed by atoms with Crippen molar-refractivity contribution >= 4 is 51.8 Å². The predicted molar refractivity (Wildman–Crippen MR) is 132 cm³/mol. The Bertz CT molecular complexity index is 1270. The Morgan fingerprint density at radius 2 is 2.06 bits per heavy atom. The Morgan fingerprint density at radius 1 is 1.26 bits per heavy atom. The number of nitrogens with one attached hydrogen (secondary N) is 1. The lowest BCUT2D eigenvalue weighted by molar-refractivity contribution is -0.127. The van der Waals surface area contributed by atoms with Crippen molar-refractivity contribution in [3.8, 4) is 5.75 Å². The van der Waals surface area contributed by atoms with Gasteiger partial charge in [0.25, 0.3) is 5.91 Å². The predicted octanol–water partition coefficient (Wildman–Crippen LogP) is 5.23. The zero-order valence-corrected chi connectivity index (χ0v) is 20.8. The van der Waals surface area contributed by atoms with Gasteiger partial charge < -0.3 is 19.0 Å². The molecule has 0 spiro atoms. The molecule has 34 heavy (non-hydrogen) atoms. The number of amides is 2. The normalized spacial score (nSPS) is 27.0. The van der Waals surface area contributed by atoms with Crippen LogP contribution < -0.4 is 15.0 Å². The molecule has 1 N–H and O–H groups in total. The first-order valence-corrected chi connectivity index (χ1v) is 12.3. The summed E-state index contributed by atoms with van der Waals surface area (Å²) in [6.07, 6.45) is 4.43. The monoisotopic (exact) mass is 503 g/mol. The van der Waals surface area contributed by atoms with Crippen LogP contribution in [0.15, 0.2) is 41.0 Å². The van der Waals surface area contributed by atoms with Crippen molar-refractivity contribution in [3.05, 3.63) is 47.3 Å². The smallest absolute Gasteiger partial charge is 0.276 e. The zero-order chi connectivity index (χ0) is 24.2. The topological polar surface area (TPSA) is 76.7 Å². The lowest BCUT2D eigenvalue weighted by Crippen LogP contribution is -2.66. The van der Waals surface area contributed by atoms with Crippen LogP contribution >= 0.6 is 23.2 Å². The minimum atomic E-state index is -1.23. The molecule has 1 aromatic carbocycles. The largest absolute Gasteiger partial charge is 0.495 e. The molecular weight excluding hydrogens is 477 g/mol. The summed E-state index contributed by atoms with van der Waals surface area (Å²) in [6.45, 7) is 4.14. The molecule has 2 aromatic heterocycles. The second kappa shape index (κ2) is 8.54. The molecule has 2 amide bonds. The van der Waals surface area contributed by atoms with Crippen LogP contribution in [0.5, 0.6) is 5.75 Å². The number of fused-ring (bicyclic) bond motifs is 3. The van der Waals surface area contributed by atoms with Crippen molar-refractivity contribution in [1.29, 1.82) is 0 Å². The van der Waals surface area contributed by atoms with E-state index in [-0.39, 0.29) is 29.8 Å². The Morgan fingerprint density at radius 3 is 2.79 bits per heavy atom. The summed E-state index contributed by atoms with van der Waals surface area (Å²) >= 11 is 13.1. The highest BCUT2D eigenvalue weighted by Crippen LogP contribution is 2.39. The lowest BCUT2D eigenvalue weighted by Gasteiger charge is -2.45. The molecule has 1 fully saturated rings. The summed E-state index contributed by atoms with van der Waals surface area (Å²) in [7, 11) is 1.53. The Hall–Kier alpha value is -2.64. The van der Waals surface area contributed by atoms with E-state index in [4.69, 9.17) is 32.4 Å². The van der Waals surface area contributed by atoms with Crippen molar-refractivity contribution in [2.75, 3.05) is 12.0 Å². The molecule has 180 valence electrons. The molecule has 4 atom stereocenters. The Balaban J connectivity index is 1.59. The molecule has 1 saturated carbocycles. The van der Waals surface area contributed by atoms with Gasteiger partial charge in [-0.25, -0.2) is 0 Å². The van der Waals surface area contributed by atoms with Gasteiger partial charge in [0.1, 0.15) is 17.0 Å². The molecule has 9 heteroatoms. The number of benzene rings is 1. The third-order valence-corrected chi connectivity index (χ3v) is 8.24. The number of nitrogens with zero attached hydrogens (tertiary/aromatic N) is 2. The minimum Gasteiger partial charge on any atom is -0.495 e. The second-order valence-electron chi connectivity index (χ2n) is 9.45. The summed E-state index contributed by atoms with van der Waals surface area (Å²) in [5.74, 6) is 0.229. The molecule has 0 bridgehead atoms. The minimum absolute atomic E-state index is 0.160. The third kappa shape index (κ3) is 3.57. The maximum absolute atomic E-state index is 13.9. The summed E-state index contributed by atoms with van der Waals surface area (Å²) in [4.78, 5) is 29.3. The summed E-state index contributed by atoms with van der Waals surface area (Å²) < 4.78 is 12.7. The van der Waals surface area contributed by atoms with Gasteiger partial charge in [0.2, 0.25) is 5.91 Å². The first-order valence-electron chi connectivity index (χ1n) is 11.4. The second-order valence-corrected chi connectivity index (χ2v) is 10.4. The molecule has 1 aliphatic heterocycles. The van der Waals surface area contributed by atoms with Crippen LogP contribution in [0.25, 0.3) is 11.1 Å². The number of ether oxygens (including phenoxy) is 1. The van der Waals surface area contributed by atoms with E-state index in [0.717, 1.165) is 24.8 Å². The third-order valence-electron chi connectivity index (χ3n) is 7.21. The molecule has 0 radical (unpaired) electrons. The number of alkyl halides is 1. The maximum Gasteiger partial charge on any atom is 0.276 e. The van der Waals surface area contributed by atoms with Gasteiger partial charge in [-0.15, -0.1) is 11.6 Å². The number of methoxy groups -OCH3 is 1. The number of carbonyl (C=O) groups is 2. The maximum atomic E-state index is 13.9. The highest BCUT2D eigenvalue weighted by molar-refractivity contribution is 6.32. The van der Waals surface area contributed by atoms with Gasteiger partial charge in [-0.1, -0.05) is 24.9 Å². The van der Waals surface area contributed by atoms with E-state index in [1.807, 2.05) is 10.6 Å². The average molecular weight is 504 g/mol. The van der Waals surface area contributed by atoms with Gasteiger partial charge in [0.15, 0.2) is 5.58 Å². The molecular formula is C25H27Cl2N3O4. The van der Waals surface area contributed by atoms with Crippen molar-refractivity contribution in [2.45, 2.75) is 56.6 Å². The van der Waals surface area contributed by atoms with Crippen molar-refractivity contribution in [1.82, 2.24) is 9.88 Å². The fourth-order valence-corrected chi connectivity index (χ4v) is 5.83. The number of rotatable bonds is 4. The van der Waals surface area contributed by atoms with Crippen LogP contribution in [0.1, 0.15) is 43.6 Å². The summed E-state index contributed by atoms with van der Waals surface area (Å²) in [5.41, 5.74) is 1.10. The first-order chi connectivity index (χ1) is 16.2. The van der Waals surface area contributed by atoms with Crippen LogP contribution in [-0.4, -0.2) is 40.4 Å². The van der Waals surface area contributed by atoms with Gasteiger partial charge in [0.05, 0.1) is 35.8 Å². The van der Waals surface area contributed by atoms with E-state index in [1.165, 1.54) is 12.0 Å². The molecule has 5 rings (SSSR count). The average Bonchev–Trinajstić information content (AvgIpc) is 3.39. The van der Waals surface area contributed by atoms with Crippen LogP contribution in [0.3, 0.4) is 0 Å². The number of halogens is 2. The number of furan rings is 1. The van der Waals surface area contributed by atoms with Gasteiger partial charge in [-0.3, -0.25) is 14.5 Å². The van der Waals surface area contributed by atoms with Crippen LogP contribution in [0.4, 0.5) is 5.69 Å². The first kappa shape index (κ1) is 23.1. The molecule has 7 nitrogen and oxygen atoms in total. The van der Waals surface area contributed by atoms with Gasteiger partial charge in [-0.2, -0.15) is 0 Å². The van der Waals surface area contributed by atoms with E-state index < -0.39 is 5.54 Å². The molecule has 0 saturated heterocycles. The van der Waals surface area contributed by atoms with Crippen LogP contribution in [0, 0.1) is 5.92 Å². The molecule has 4 unspecified atom stereocenters. The van der Waals surface area contributed by atoms with Gasteiger partial charge in [0, 0.05) is 23.9 Å². The lowest BCUT2D eigenvalue weighted by atomic mass is 9.85. The Kier molecular flexibility index (Phi) is 5.81. The van der Waals surface area contributed by atoms with Crippen molar-refractivity contribution < 1.29 is 18.7 Å².